The lowest BCUT2D eigenvalue weighted by Gasteiger charge is -2.43. The van der Waals surface area contributed by atoms with Crippen molar-refractivity contribution in [3.05, 3.63) is 28.2 Å². The molecule has 1 unspecified atom stereocenters. The van der Waals surface area contributed by atoms with Gasteiger partial charge in [-0.15, -0.1) is 0 Å². The first-order chi connectivity index (χ1) is 8.42. The summed E-state index contributed by atoms with van der Waals surface area (Å²) in [6.45, 7) is 11.3. The third-order valence-corrected chi connectivity index (χ3v) is 4.30. The van der Waals surface area contributed by atoms with Crippen LogP contribution in [0.1, 0.15) is 32.8 Å². The van der Waals surface area contributed by atoms with Gasteiger partial charge in [-0.3, -0.25) is 0 Å². The van der Waals surface area contributed by atoms with Gasteiger partial charge in [-0.2, -0.15) is 0 Å². The molecule has 0 radical (unpaired) electrons. The first kappa shape index (κ1) is 13.9. The average Bonchev–Trinajstić information content (AvgIpc) is 2.39. The van der Waals surface area contributed by atoms with Crippen LogP contribution in [0.4, 0.5) is 5.69 Å². The fourth-order valence-corrected chi connectivity index (χ4v) is 3.44. The smallest absolute Gasteiger partial charge is 0.0473 e. The summed E-state index contributed by atoms with van der Waals surface area (Å²) in [7, 11) is 0. The van der Waals surface area contributed by atoms with Gasteiger partial charge < -0.3 is 10.2 Å². The van der Waals surface area contributed by atoms with Gasteiger partial charge >= 0.3 is 0 Å². The van der Waals surface area contributed by atoms with E-state index in [2.05, 4.69) is 72.0 Å². The van der Waals surface area contributed by atoms with Gasteiger partial charge in [-0.25, -0.2) is 0 Å². The van der Waals surface area contributed by atoms with Gasteiger partial charge in [0.15, 0.2) is 0 Å². The predicted molar refractivity (Wildman–Crippen MR) is 82.4 cm³/mol. The average molecular weight is 311 g/mol. The molecular weight excluding hydrogens is 288 g/mol. The summed E-state index contributed by atoms with van der Waals surface area (Å²) in [5.41, 5.74) is 2.85. The zero-order valence-electron chi connectivity index (χ0n) is 11.8. The zero-order chi connectivity index (χ0) is 13.3. The first-order valence-corrected chi connectivity index (χ1v) is 7.47. The molecule has 1 N–H and O–H groups in total. The van der Waals surface area contributed by atoms with E-state index in [1.165, 1.54) is 17.7 Å². The fraction of sp³-hybridized carbons (Fsp3) is 0.600. The SMILES string of the molecule is Cc1cc(Br)ccc1N1C(C)CCNCC1(C)C. The van der Waals surface area contributed by atoms with E-state index >= 15 is 0 Å². The number of rotatable bonds is 1. The highest BCUT2D eigenvalue weighted by molar-refractivity contribution is 9.10. The third kappa shape index (κ3) is 2.72. The summed E-state index contributed by atoms with van der Waals surface area (Å²) in [6.07, 6.45) is 1.19. The maximum atomic E-state index is 3.55. The lowest BCUT2D eigenvalue weighted by Crippen LogP contribution is -2.52. The van der Waals surface area contributed by atoms with E-state index < -0.39 is 0 Å². The van der Waals surface area contributed by atoms with Crippen molar-refractivity contribution in [3.8, 4) is 0 Å². The molecule has 3 heteroatoms. The minimum Gasteiger partial charge on any atom is -0.362 e. The van der Waals surface area contributed by atoms with Crippen LogP contribution in [-0.4, -0.2) is 24.7 Å². The fourth-order valence-electron chi connectivity index (χ4n) is 2.97. The van der Waals surface area contributed by atoms with Crippen LogP contribution in [0.2, 0.25) is 0 Å². The van der Waals surface area contributed by atoms with Gasteiger partial charge in [0.1, 0.15) is 0 Å². The normalized spacial score (nSPS) is 23.8. The summed E-state index contributed by atoms with van der Waals surface area (Å²) in [5.74, 6) is 0. The molecule has 1 aliphatic rings. The van der Waals surface area contributed by atoms with Gasteiger partial charge in [0.05, 0.1) is 0 Å². The van der Waals surface area contributed by atoms with Crippen molar-refractivity contribution in [2.75, 3.05) is 18.0 Å². The molecule has 0 bridgehead atoms. The Labute approximate surface area is 119 Å². The second-order valence-corrected chi connectivity index (χ2v) is 6.84. The van der Waals surface area contributed by atoms with Crippen LogP contribution in [0.25, 0.3) is 0 Å². The van der Waals surface area contributed by atoms with E-state index in [1.54, 1.807) is 0 Å². The van der Waals surface area contributed by atoms with Crippen LogP contribution in [0, 0.1) is 6.92 Å². The second kappa shape index (κ2) is 5.22. The largest absolute Gasteiger partial charge is 0.362 e. The van der Waals surface area contributed by atoms with Crippen molar-refractivity contribution in [2.24, 2.45) is 0 Å². The molecule has 0 aromatic heterocycles. The van der Waals surface area contributed by atoms with Crippen molar-refractivity contribution in [2.45, 2.75) is 45.7 Å². The van der Waals surface area contributed by atoms with Gasteiger partial charge in [0.25, 0.3) is 0 Å². The molecule has 2 rings (SSSR count). The topological polar surface area (TPSA) is 15.3 Å². The highest BCUT2D eigenvalue weighted by atomic mass is 79.9. The number of hydrogen-bond acceptors (Lipinski definition) is 2. The number of benzene rings is 1. The van der Waals surface area contributed by atoms with E-state index in [1.807, 2.05) is 0 Å². The van der Waals surface area contributed by atoms with Crippen LogP contribution in [-0.2, 0) is 0 Å². The molecule has 1 fully saturated rings. The number of hydrogen-bond donors (Lipinski definition) is 1. The quantitative estimate of drug-likeness (QED) is 0.850. The summed E-state index contributed by atoms with van der Waals surface area (Å²) >= 11 is 3.55. The highest BCUT2D eigenvalue weighted by Crippen LogP contribution is 2.32. The zero-order valence-corrected chi connectivity index (χ0v) is 13.3. The van der Waals surface area contributed by atoms with Gasteiger partial charge in [0.2, 0.25) is 0 Å². The Hall–Kier alpha value is -0.540. The number of nitrogens with zero attached hydrogens (tertiary/aromatic N) is 1. The molecule has 0 aliphatic carbocycles. The molecule has 1 aromatic rings. The molecule has 1 aromatic carbocycles. The highest BCUT2D eigenvalue weighted by Gasteiger charge is 2.33. The van der Waals surface area contributed by atoms with E-state index in [-0.39, 0.29) is 5.54 Å². The summed E-state index contributed by atoms with van der Waals surface area (Å²) in [5, 5.41) is 3.55. The second-order valence-electron chi connectivity index (χ2n) is 5.93. The first-order valence-electron chi connectivity index (χ1n) is 6.68. The molecular formula is C15H23BrN2. The van der Waals surface area contributed by atoms with Gasteiger partial charge in [0, 0.05) is 28.3 Å². The maximum Gasteiger partial charge on any atom is 0.0473 e. The lowest BCUT2D eigenvalue weighted by molar-refractivity contribution is 0.432. The third-order valence-electron chi connectivity index (χ3n) is 3.81. The van der Waals surface area contributed by atoms with E-state index in [0.29, 0.717) is 6.04 Å². The Morgan fingerprint density at radius 3 is 2.78 bits per heavy atom. The van der Waals surface area contributed by atoms with E-state index in [4.69, 9.17) is 0 Å². The predicted octanol–water partition coefficient (Wildman–Crippen LogP) is 3.72. The summed E-state index contributed by atoms with van der Waals surface area (Å²) < 4.78 is 1.15. The Morgan fingerprint density at radius 1 is 1.39 bits per heavy atom. The number of anilines is 1. The van der Waals surface area contributed by atoms with Gasteiger partial charge in [-0.05, 0) is 64.4 Å². The van der Waals surface area contributed by atoms with Crippen LogP contribution in [0.15, 0.2) is 22.7 Å². The molecule has 1 heterocycles. The van der Waals surface area contributed by atoms with Crippen LogP contribution < -0.4 is 10.2 Å². The molecule has 18 heavy (non-hydrogen) atoms. The van der Waals surface area contributed by atoms with Crippen molar-refractivity contribution in [1.82, 2.24) is 5.32 Å². The van der Waals surface area contributed by atoms with E-state index in [0.717, 1.165) is 17.6 Å². The van der Waals surface area contributed by atoms with Crippen molar-refractivity contribution < 1.29 is 0 Å². The minimum absolute atomic E-state index is 0.147. The van der Waals surface area contributed by atoms with Crippen molar-refractivity contribution in [3.63, 3.8) is 0 Å². The Morgan fingerprint density at radius 2 is 2.11 bits per heavy atom. The summed E-state index contributed by atoms with van der Waals surface area (Å²) in [6, 6.07) is 7.15. The molecule has 0 amide bonds. The molecule has 1 aliphatic heterocycles. The van der Waals surface area contributed by atoms with Crippen molar-refractivity contribution in [1.29, 1.82) is 0 Å². The maximum absolute atomic E-state index is 3.55. The molecule has 1 saturated heterocycles. The van der Waals surface area contributed by atoms with Gasteiger partial charge in [-0.1, -0.05) is 15.9 Å². The Kier molecular flexibility index (Phi) is 4.02. The molecule has 0 saturated carbocycles. The number of aryl methyl sites for hydroxylation is 1. The van der Waals surface area contributed by atoms with E-state index in [9.17, 15) is 0 Å². The summed E-state index contributed by atoms with van der Waals surface area (Å²) in [4.78, 5) is 2.58. The van der Waals surface area contributed by atoms with Crippen LogP contribution >= 0.6 is 15.9 Å². The number of halogens is 1. The van der Waals surface area contributed by atoms with Crippen molar-refractivity contribution >= 4 is 21.6 Å². The minimum atomic E-state index is 0.147. The molecule has 1 atom stereocenters. The Balaban J connectivity index is 2.43. The molecule has 2 nitrogen and oxygen atoms in total. The standard InChI is InChI=1S/C15H23BrN2/c1-11-9-13(16)5-6-14(11)18-12(2)7-8-17-10-15(18,3)4/h5-6,9,12,17H,7-8,10H2,1-4H3. The Bertz CT molecular complexity index is 429. The van der Waals surface area contributed by atoms with Crippen LogP contribution in [0.5, 0.6) is 0 Å². The monoisotopic (exact) mass is 310 g/mol. The molecule has 100 valence electrons. The van der Waals surface area contributed by atoms with Crippen LogP contribution in [0.3, 0.4) is 0 Å². The molecule has 0 spiro atoms. The lowest BCUT2D eigenvalue weighted by atomic mass is 9.98. The number of nitrogens with one attached hydrogen (secondary N) is 1.